The zero-order chi connectivity index (χ0) is 15.8. The van der Waals surface area contributed by atoms with Crippen molar-refractivity contribution in [3.63, 3.8) is 0 Å². The number of carbonyl (C=O) groups excluding carboxylic acids is 1. The highest BCUT2D eigenvalue weighted by atomic mass is 16.4. The van der Waals surface area contributed by atoms with Crippen molar-refractivity contribution in [2.75, 3.05) is 0 Å². The molecule has 0 fully saturated rings. The van der Waals surface area contributed by atoms with Crippen LogP contribution in [0, 0.1) is 0 Å². The molecule has 0 bridgehead atoms. The average Bonchev–Trinajstić information content (AvgIpc) is 2.45. The molecule has 0 aromatic heterocycles. The molecule has 0 radical (unpaired) electrons. The van der Waals surface area contributed by atoms with E-state index in [1.54, 1.807) is 24.3 Å². The summed E-state index contributed by atoms with van der Waals surface area (Å²) in [6.45, 7) is 2.22. The van der Waals surface area contributed by atoms with Crippen molar-refractivity contribution in [3.8, 4) is 0 Å². The minimum atomic E-state index is -0.977. The normalized spacial score (nSPS) is 11.9. The largest absolute Gasteiger partial charge is 0.478 e. The van der Waals surface area contributed by atoms with Crippen molar-refractivity contribution < 1.29 is 14.7 Å². The predicted molar refractivity (Wildman–Crippen MR) is 87.3 cm³/mol. The van der Waals surface area contributed by atoms with Crippen LogP contribution < -0.4 is 0 Å². The van der Waals surface area contributed by atoms with Crippen LogP contribution in [-0.4, -0.2) is 16.9 Å². The van der Waals surface area contributed by atoms with Gasteiger partial charge in [-0.15, -0.1) is 0 Å². The fourth-order valence-electron chi connectivity index (χ4n) is 1.95. The first-order valence-corrected chi connectivity index (χ1v) is 7.94. The lowest BCUT2D eigenvalue weighted by atomic mass is 10.1. The maximum atomic E-state index is 11.5. The van der Waals surface area contributed by atoms with E-state index in [4.69, 9.17) is 5.11 Å². The summed E-state index contributed by atoms with van der Waals surface area (Å²) in [5, 5.41) is 8.37. The molecule has 0 spiro atoms. The molecule has 0 saturated carbocycles. The molecule has 0 aliphatic rings. The van der Waals surface area contributed by atoms with Crippen LogP contribution in [0.3, 0.4) is 0 Å². The topological polar surface area (TPSA) is 54.4 Å². The summed E-state index contributed by atoms with van der Waals surface area (Å²) in [5.74, 6) is -0.845. The number of carboxylic acids is 1. The number of unbranched alkanes of at least 4 members (excludes halogenated alkanes) is 7. The van der Waals surface area contributed by atoms with Gasteiger partial charge < -0.3 is 5.11 Å². The number of hydrogen-bond donors (Lipinski definition) is 1. The molecule has 3 heteroatoms. The molecule has 0 atom stereocenters. The van der Waals surface area contributed by atoms with E-state index in [9.17, 15) is 9.59 Å². The average molecular weight is 292 g/mol. The zero-order valence-corrected chi connectivity index (χ0v) is 13.1. The van der Waals surface area contributed by atoms with E-state index in [2.05, 4.69) is 6.92 Å². The molecular weight excluding hydrogens is 264 g/mol. The highest BCUT2D eigenvalue weighted by Crippen LogP contribution is 2.09. The number of carbonyl (C=O) groups is 2. The molecule has 118 valence electrons. The van der Waals surface area contributed by atoms with Crippen LogP contribution in [0.25, 0.3) is 0 Å². The minimum Gasteiger partial charge on any atom is -0.478 e. The fraction of sp³-hybridized carbons (Fsp3) is 0.556. The summed E-state index contributed by atoms with van der Waals surface area (Å²) in [4.78, 5) is 21.7. The van der Waals surface area contributed by atoms with Crippen LogP contribution in [-0.2, 0) is 9.59 Å². The maximum Gasteiger partial charge on any atom is 0.328 e. The number of allylic oxidation sites excluding steroid dienone is 5. The third kappa shape index (κ3) is 16.3. The molecule has 0 aliphatic heterocycles. The van der Waals surface area contributed by atoms with Crippen LogP contribution in [0.5, 0.6) is 0 Å². The SMILES string of the molecule is CCCCCCCCCCC(=O)C=CC=CC=CC(=O)O. The van der Waals surface area contributed by atoms with Crippen LogP contribution in [0.1, 0.15) is 64.7 Å². The summed E-state index contributed by atoms with van der Waals surface area (Å²) < 4.78 is 0. The predicted octanol–water partition coefficient (Wildman–Crippen LogP) is 4.84. The van der Waals surface area contributed by atoms with E-state index in [0.29, 0.717) is 6.42 Å². The van der Waals surface area contributed by atoms with Gasteiger partial charge in [-0.3, -0.25) is 4.79 Å². The number of aliphatic carboxylic acids is 1. The van der Waals surface area contributed by atoms with Gasteiger partial charge in [-0.2, -0.15) is 0 Å². The molecular formula is C18H28O3. The first kappa shape index (κ1) is 19.4. The third-order valence-electron chi connectivity index (χ3n) is 3.13. The van der Waals surface area contributed by atoms with Gasteiger partial charge in [0.15, 0.2) is 5.78 Å². The van der Waals surface area contributed by atoms with E-state index in [-0.39, 0.29) is 5.78 Å². The second-order valence-corrected chi connectivity index (χ2v) is 5.13. The van der Waals surface area contributed by atoms with Gasteiger partial charge >= 0.3 is 5.97 Å². The first-order chi connectivity index (χ1) is 10.2. The second-order valence-electron chi connectivity index (χ2n) is 5.13. The Morgan fingerprint density at radius 2 is 1.29 bits per heavy atom. The summed E-state index contributed by atoms with van der Waals surface area (Å²) in [6.07, 6.45) is 19.4. The molecule has 0 aromatic rings. The molecule has 0 aliphatic carbocycles. The van der Waals surface area contributed by atoms with E-state index < -0.39 is 5.97 Å². The van der Waals surface area contributed by atoms with Gasteiger partial charge in [0.05, 0.1) is 0 Å². The van der Waals surface area contributed by atoms with Crippen molar-refractivity contribution >= 4 is 11.8 Å². The highest BCUT2D eigenvalue weighted by Gasteiger charge is 1.96. The van der Waals surface area contributed by atoms with Crippen LogP contribution in [0.4, 0.5) is 0 Å². The Hall–Kier alpha value is -1.64. The summed E-state index contributed by atoms with van der Waals surface area (Å²) >= 11 is 0. The minimum absolute atomic E-state index is 0.132. The van der Waals surface area contributed by atoms with E-state index in [1.807, 2.05) is 0 Å². The molecule has 21 heavy (non-hydrogen) atoms. The molecule has 0 rings (SSSR count). The van der Waals surface area contributed by atoms with E-state index in [0.717, 1.165) is 18.9 Å². The quantitative estimate of drug-likeness (QED) is 0.300. The van der Waals surface area contributed by atoms with Gasteiger partial charge in [0.25, 0.3) is 0 Å². The lowest BCUT2D eigenvalue weighted by Crippen LogP contribution is -1.92. The third-order valence-corrected chi connectivity index (χ3v) is 3.13. The Morgan fingerprint density at radius 3 is 1.86 bits per heavy atom. The molecule has 0 unspecified atom stereocenters. The Labute approximate surface area is 128 Å². The lowest BCUT2D eigenvalue weighted by Gasteiger charge is -2.00. The molecule has 1 N–H and O–H groups in total. The standard InChI is InChI=1S/C18H28O3/c1-2-3-4-5-6-7-8-11-14-17(19)15-12-9-10-13-16-18(20)21/h9-10,12-13,15-16H,2-8,11,14H2,1H3,(H,20,21). The Kier molecular flexibility index (Phi) is 13.6. The monoisotopic (exact) mass is 292 g/mol. The molecule has 0 amide bonds. The number of carboxylic acid groups (broad SMARTS) is 1. The van der Waals surface area contributed by atoms with Crippen LogP contribution in [0.2, 0.25) is 0 Å². The Morgan fingerprint density at radius 1 is 0.762 bits per heavy atom. The fourth-order valence-corrected chi connectivity index (χ4v) is 1.95. The molecule has 0 heterocycles. The molecule has 0 aromatic carbocycles. The van der Waals surface area contributed by atoms with Gasteiger partial charge in [0.1, 0.15) is 0 Å². The number of hydrogen-bond acceptors (Lipinski definition) is 2. The smallest absolute Gasteiger partial charge is 0.328 e. The lowest BCUT2D eigenvalue weighted by molar-refractivity contribution is -0.131. The van der Waals surface area contributed by atoms with E-state index >= 15 is 0 Å². The highest BCUT2D eigenvalue weighted by molar-refractivity contribution is 5.89. The van der Waals surface area contributed by atoms with Crippen LogP contribution >= 0.6 is 0 Å². The molecule has 0 saturated heterocycles. The van der Waals surface area contributed by atoms with Gasteiger partial charge in [-0.1, -0.05) is 76.2 Å². The zero-order valence-electron chi connectivity index (χ0n) is 13.1. The second kappa shape index (κ2) is 14.8. The van der Waals surface area contributed by atoms with Crippen molar-refractivity contribution in [1.29, 1.82) is 0 Å². The van der Waals surface area contributed by atoms with Crippen molar-refractivity contribution in [1.82, 2.24) is 0 Å². The maximum absolute atomic E-state index is 11.5. The Balaban J connectivity index is 3.51. The van der Waals surface area contributed by atoms with Crippen molar-refractivity contribution in [3.05, 3.63) is 36.5 Å². The van der Waals surface area contributed by atoms with Gasteiger partial charge in [-0.05, 0) is 12.5 Å². The summed E-state index contributed by atoms with van der Waals surface area (Å²) in [7, 11) is 0. The van der Waals surface area contributed by atoms with Crippen molar-refractivity contribution in [2.45, 2.75) is 64.7 Å². The summed E-state index contributed by atoms with van der Waals surface area (Å²) in [6, 6.07) is 0. The van der Waals surface area contributed by atoms with Crippen LogP contribution in [0.15, 0.2) is 36.5 Å². The Bertz CT molecular complexity index is 365. The number of rotatable bonds is 13. The van der Waals surface area contributed by atoms with Gasteiger partial charge in [0, 0.05) is 12.5 Å². The molecule has 3 nitrogen and oxygen atoms in total. The number of ketones is 1. The first-order valence-electron chi connectivity index (χ1n) is 7.94. The van der Waals surface area contributed by atoms with E-state index in [1.165, 1.54) is 44.6 Å². The van der Waals surface area contributed by atoms with Gasteiger partial charge in [0.2, 0.25) is 0 Å². The van der Waals surface area contributed by atoms with Gasteiger partial charge in [-0.25, -0.2) is 4.79 Å². The summed E-state index contributed by atoms with van der Waals surface area (Å²) in [5.41, 5.74) is 0. The van der Waals surface area contributed by atoms with Crippen molar-refractivity contribution in [2.24, 2.45) is 0 Å².